The van der Waals surface area contributed by atoms with E-state index in [4.69, 9.17) is 0 Å². The smallest absolute Gasteiger partial charge is 0.230 e. The van der Waals surface area contributed by atoms with Crippen LogP contribution in [0, 0.1) is 5.82 Å². The number of amides is 1. The second kappa shape index (κ2) is 6.67. The van der Waals surface area contributed by atoms with E-state index in [2.05, 4.69) is 15.3 Å². The molecule has 1 aromatic carbocycles. The van der Waals surface area contributed by atoms with Gasteiger partial charge in [-0.25, -0.2) is 4.39 Å². The van der Waals surface area contributed by atoms with Gasteiger partial charge in [0.25, 0.3) is 0 Å². The number of nitrogens with zero attached hydrogens (tertiary/aromatic N) is 2. The number of halogens is 1. The molecule has 2 aromatic heterocycles. The van der Waals surface area contributed by atoms with Gasteiger partial charge in [0.1, 0.15) is 5.82 Å². The number of hydrogen-bond donors (Lipinski definition) is 1. The molecule has 4 rings (SSSR count). The minimum atomic E-state index is -0.523. The molecule has 1 saturated carbocycles. The van der Waals surface area contributed by atoms with Gasteiger partial charge in [0.05, 0.1) is 11.1 Å². The van der Waals surface area contributed by atoms with Crippen molar-refractivity contribution in [2.75, 3.05) is 0 Å². The Kier molecular flexibility index (Phi) is 4.21. The maximum atomic E-state index is 13.2. The highest BCUT2D eigenvalue weighted by molar-refractivity contribution is 5.91. The Morgan fingerprint density at radius 1 is 1.08 bits per heavy atom. The van der Waals surface area contributed by atoms with Crippen molar-refractivity contribution in [1.82, 2.24) is 15.3 Å². The summed E-state index contributed by atoms with van der Waals surface area (Å²) < 4.78 is 13.2. The van der Waals surface area contributed by atoms with Crippen molar-refractivity contribution >= 4 is 5.91 Å². The molecule has 3 aromatic rings. The predicted octanol–water partition coefficient (Wildman–Crippen LogP) is 3.63. The van der Waals surface area contributed by atoms with Gasteiger partial charge in [-0.1, -0.05) is 18.2 Å². The standard InChI is InChI=1S/C21H18FN3O/c22-18-7-5-17(6-8-18)21(9-10-21)20(26)25-14-16-4-2-12-24-19(16)15-3-1-11-23-13-15/h1-8,11-13H,9-10,14H2,(H,25,26). The van der Waals surface area contributed by atoms with Crippen LogP contribution in [0.5, 0.6) is 0 Å². The molecule has 0 saturated heterocycles. The van der Waals surface area contributed by atoms with Crippen LogP contribution in [0.15, 0.2) is 67.1 Å². The predicted molar refractivity (Wildman–Crippen MR) is 96.6 cm³/mol. The van der Waals surface area contributed by atoms with Crippen LogP contribution in [-0.4, -0.2) is 15.9 Å². The lowest BCUT2D eigenvalue weighted by atomic mass is 9.95. The lowest BCUT2D eigenvalue weighted by molar-refractivity contribution is -0.123. The highest BCUT2D eigenvalue weighted by Crippen LogP contribution is 2.48. The summed E-state index contributed by atoms with van der Waals surface area (Å²) in [5.74, 6) is -0.313. The molecule has 4 nitrogen and oxygen atoms in total. The summed E-state index contributed by atoms with van der Waals surface area (Å²) in [4.78, 5) is 21.4. The van der Waals surface area contributed by atoms with E-state index in [-0.39, 0.29) is 11.7 Å². The van der Waals surface area contributed by atoms with Crippen molar-refractivity contribution in [3.63, 3.8) is 0 Å². The lowest BCUT2D eigenvalue weighted by Gasteiger charge is -2.17. The van der Waals surface area contributed by atoms with E-state index in [1.165, 1.54) is 12.1 Å². The van der Waals surface area contributed by atoms with Crippen LogP contribution >= 0.6 is 0 Å². The molecule has 0 spiro atoms. The van der Waals surface area contributed by atoms with Crippen molar-refractivity contribution in [1.29, 1.82) is 0 Å². The molecule has 2 heterocycles. The average molecular weight is 347 g/mol. The van der Waals surface area contributed by atoms with Gasteiger partial charge in [-0.3, -0.25) is 14.8 Å². The number of aromatic nitrogens is 2. The Labute approximate surface area is 151 Å². The SMILES string of the molecule is O=C(NCc1cccnc1-c1cccnc1)C1(c2ccc(F)cc2)CC1. The minimum Gasteiger partial charge on any atom is -0.351 e. The van der Waals surface area contributed by atoms with Gasteiger partial charge in [-0.2, -0.15) is 0 Å². The summed E-state index contributed by atoms with van der Waals surface area (Å²) in [6.07, 6.45) is 6.77. The second-order valence-corrected chi connectivity index (χ2v) is 6.52. The van der Waals surface area contributed by atoms with Crippen LogP contribution in [0.4, 0.5) is 4.39 Å². The van der Waals surface area contributed by atoms with E-state index in [1.807, 2.05) is 24.3 Å². The number of benzene rings is 1. The molecule has 1 fully saturated rings. The molecule has 0 aliphatic heterocycles. The number of nitrogens with one attached hydrogen (secondary N) is 1. The molecule has 0 atom stereocenters. The van der Waals surface area contributed by atoms with Crippen LogP contribution in [0.2, 0.25) is 0 Å². The van der Waals surface area contributed by atoms with Crippen molar-refractivity contribution in [2.24, 2.45) is 0 Å². The Morgan fingerprint density at radius 2 is 1.85 bits per heavy atom. The fourth-order valence-electron chi connectivity index (χ4n) is 3.23. The van der Waals surface area contributed by atoms with Crippen LogP contribution in [-0.2, 0) is 16.8 Å². The number of rotatable bonds is 5. The molecule has 0 bridgehead atoms. The number of carbonyl (C=O) groups excluding carboxylic acids is 1. The van der Waals surface area contributed by atoms with Crippen LogP contribution < -0.4 is 5.32 Å². The first kappa shape index (κ1) is 16.4. The molecule has 26 heavy (non-hydrogen) atoms. The first-order valence-electron chi connectivity index (χ1n) is 8.58. The van der Waals surface area contributed by atoms with Gasteiger partial charge >= 0.3 is 0 Å². The zero-order chi connectivity index (χ0) is 18.0. The average Bonchev–Trinajstić information content (AvgIpc) is 3.50. The first-order chi connectivity index (χ1) is 12.7. The van der Waals surface area contributed by atoms with E-state index in [9.17, 15) is 9.18 Å². The third-order valence-electron chi connectivity index (χ3n) is 4.85. The Balaban J connectivity index is 1.52. The quantitative estimate of drug-likeness (QED) is 0.767. The van der Waals surface area contributed by atoms with E-state index in [0.717, 1.165) is 35.2 Å². The molecule has 1 N–H and O–H groups in total. The first-order valence-corrected chi connectivity index (χ1v) is 8.58. The summed E-state index contributed by atoms with van der Waals surface area (Å²) in [6, 6.07) is 13.8. The van der Waals surface area contributed by atoms with Crippen LogP contribution in [0.3, 0.4) is 0 Å². The van der Waals surface area contributed by atoms with E-state index in [1.54, 1.807) is 30.7 Å². The zero-order valence-corrected chi connectivity index (χ0v) is 14.2. The van der Waals surface area contributed by atoms with Crippen molar-refractivity contribution in [3.05, 3.63) is 84.1 Å². The van der Waals surface area contributed by atoms with Gasteiger partial charge in [0, 0.05) is 30.7 Å². The molecule has 130 valence electrons. The molecule has 5 heteroatoms. The highest BCUT2D eigenvalue weighted by atomic mass is 19.1. The summed E-state index contributed by atoms with van der Waals surface area (Å²) in [5, 5.41) is 3.03. The molecular weight excluding hydrogens is 329 g/mol. The normalized spacial score (nSPS) is 14.7. The Bertz CT molecular complexity index is 922. The summed E-state index contributed by atoms with van der Waals surface area (Å²) in [6.45, 7) is 0.389. The fraction of sp³-hybridized carbons (Fsp3) is 0.190. The summed E-state index contributed by atoms with van der Waals surface area (Å²) >= 11 is 0. The minimum absolute atomic E-state index is 0.0231. The lowest BCUT2D eigenvalue weighted by Crippen LogP contribution is -2.34. The molecular formula is C21H18FN3O. The topological polar surface area (TPSA) is 54.9 Å². The maximum absolute atomic E-state index is 13.2. The van der Waals surface area contributed by atoms with Gasteiger partial charge in [-0.15, -0.1) is 0 Å². The molecule has 0 unspecified atom stereocenters. The maximum Gasteiger partial charge on any atom is 0.230 e. The third kappa shape index (κ3) is 3.08. The fourth-order valence-corrected chi connectivity index (χ4v) is 3.23. The number of pyridine rings is 2. The molecule has 1 amide bonds. The molecule has 1 aliphatic carbocycles. The number of hydrogen-bond acceptors (Lipinski definition) is 3. The third-order valence-corrected chi connectivity index (χ3v) is 4.85. The van der Waals surface area contributed by atoms with Crippen molar-refractivity contribution in [3.8, 4) is 11.3 Å². The van der Waals surface area contributed by atoms with E-state index in [0.29, 0.717) is 6.54 Å². The molecule has 1 aliphatic rings. The van der Waals surface area contributed by atoms with Crippen LogP contribution in [0.25, 0.3) is 11.3 Å². The summed E-state index contributed by atoms with van der Waals surface area (Å²) in [5.41, 5.74) is 3.01. The zero-order valence-electron chi connectivity index (χ0n) is 14.2. The van der Waals surface area contributed by atoms with Gasteiger partial charge in [0.2, 0.25) is 5.91 Å². The highest BCUT2D eigenvalue weighted by Gasteiger charge is 2.51. The monoisotopic (exact) mass is 347 g/mol. The number of carbonyl (C=O) groups is 1. The van der Waals surface area contributed by atoms with Crippen molar-refractivity contribution in [2.45, 2.75) is 24.8 Å². The van der Waals surface area contributed by atoms with Gasteiger partial charge in [0.15, 0.2) is 0 Å². The van der Waals surface area contributed by atoms with Crippen molar-refractivity contribution < 1.29 is 9.18 Å². The largest absolute Gasteiger partial charge is 0.351 e. The van der Waals surface area contributed by atoms with Gasteiger partial charge < -0.3 is 5.32 Å². The van der Waals surface area contributed by atoms with E-state index >= 15 is 0 Å². The summed E-state index contributed by atoms with van der Waals surface area (Å²) in [7, 11) is 0. The molecule has 0 radical (unpaired) electrons. The van der Waals surface area contributed by atoms with E-state index < -0.39 is 5.41 Å². The second-order valence-electron chi connectivity index (χ2n) is 6.52. The van der Waals surface area contributed by atoms with Crippen LogP contribution in [0.1, 0.15) is 24.0 Å². The Morgan fingerprint density at radius 3 is 2.54 bits per heavy atom. The Hall–Kier alpha value is -3.08. The van der Waals surface area contributed by atoms with Gasteiger partial charge in [-0.05, 0) is 54.3 Å².